The number of hydrogen-bond donors (Lipinski definition) is 3. The zero-order chi connectivity index (χ0) is 25.3. The third-order valence-corrected chi connectivity index (χ3v) is 6.83. The van der Waals surface area contributed by atoms with Crippen molar-refractivity contribution in [1.82, 2.24) is 4.90 Å². The van der Waals surface area contributed by atoms with Gasteiger partial charge in [0.15, 0.2) is 0 Å². The van der Waals surface area contributed by atoms with Gasteiger partial charge in [-0.1, -0.05) is 42.5 Å². The average Bonchev–Trinajstić information content (AvgIpc) is 3.20. The molecular formula is C28H28N4O4. The van der Waals surface area contributed by atoms with Gasteiger partial charge in [0.25, 0.3) is 11.6 Å². The summed E-state index contributed by atoms with van der Waals surface area (Å²) in [7, 11) is 0. The summed E-state index contributed by atoms with van der Waals surface area (Å²) >= 11 is 0. The van der Waals surface area contributed by atoms with Crippen LogP contribution in [0.1, 0.15) is 36.5 Å². The van der Waals surface area contributed by atoms with Crippen LogP contribution in [0.25, 0.3) is 11.3 Å². The van der Waals surface area contributed by atoms with Crippen molar-refractivity contribution in [3.63, 3.8) is 0 Å². The van der Waals surface area contributed by atoms with Crippen LogP contribution >= 0.6 is 0 Å². The van der Waals surface area contributed by atoms with Crippen molar-refractivity contribution in [2.75, 3.05) is 23.7 Å². The monoisotopic (exact) mass is 484 g/mol. The first-order valence-electron chi connectivity index (χ1n) is 12.0. The number of nitrogens with zero attached hydrogens (tertiary/aromatic N) is 2. The van der Waals surface area contributed by atoms with Crippen LogP contribution in [0.4, 0.5) is 17.1 Å². The summed E-state index contributed by atoms with van der Waals surface area (Å²) < 4.78 is 0. The lowest BCUT2D eigenvalue weighted by molar-refractivity contribution is -0.384. The first kappa shape index (κ1) is 23.7. The number of carbonyl (C=O) groups excluding carboxylic acids is 1. The quantitative estimate of drug-likeness (QED) is 0.262. The Morgan fingerprint density at radius 3 is 2.44 bits per heavy atom. The van der Waals surface area contributed by atoms with E-state index >= 15 is 0 Å². The van der Waals surface area contributed by atoms with Crippen LogP contribution in [0.5, 0.6) is 0 Å². The average molecular weight is 485 g/mol. The molecule has 1 fully saturated rings. The van der Waals surface area contributed by atoms with Crippen molar-refractivity contribution in [2.45, 2.75) is 31.9 Å². The molecule has 1 saturated heterocycles. The molecule has 0 atom stereocenters. The number of piperidine rings is 1. The summed E-state index contributed by atoms with van der Waals surface area (Å²) in [4.78, 5) is 26.3. The predicted octanol–water partition coefficient (Wildman–Crippen LogP) is 4.87. The maximum Gasteiger partial charge on any atom is 0.270 e. The van der Waals surface area contributed by atoms with Crippen molar-refractivity contribution in [3.05, 3.63) is 99.6 Å². The molecule has 0 unspecified atom stereocenters. The van der Waals surface area contributed by atoms with E-state index in [9.17, 15) is 20.0 Å². The SMILES string of the molecule is CC1(O)CCN(Cc2ccc(NC(=C3C(=O)Nc4ccc([N+](=O)[O-])cc43)c3ccccc3)cc2)CC1. The molecule has 2 aliphatic rings. The highest BCUT2D eigenvalue weighted by atomic mass is 16.6. The normalized spacial score (nSPS) is 18.3. The molecule has 0 radical (unpaired) electrons. The number of non-ortho nitro benzene ring substituents is 1. The van der Waals surface area contributed by atoms with Crippen LogP contribution in [0, 0.1) is 10.1 Å². The molecule has 184 valence electrons. The molecule has 5 rings (SSSR count). The Labute approximate surface area is 209 Å². The molecule has 3 aromatic carbocycles. The second-order valence-corrected chi connectivity index (χ2v) is 9.65. The Hall–Kier alpha value is -4.01. The fraction of sp³-hybridized carbons (Fsp3) is 0.250. The van der Waals surface area contributed by atoms with Gasteiger partial charge in [-0.3, -0.25) is 19.8 Å². The number of amides is 1. The van der Waals surface area contributed by atoms with E-state index in [4.69, 9.17) is 0 Å². The molecular weight excluding hydrogens is 456 g/mol. The summed E-state index contributed by atoms with van der Waals surface area (Å²) in [5.41, 5.74) is 4.11. The van der Waals surface area contributed by atoms with Gasteiger partial charge in [-0.05, 0) is 49.1 Å². The summed E-state index contributed by atoms with van der Waals surface area (Å²) in [6.45, 7) is 4.42. The maximum absolute atomic E-state index is 13.0. The number of hydrogen-bond acceptors (Lipinski definition) is 6. The minimum absolute atomic E-state index is 0.0706. The molecule has 0 spiro atoms. The number of nitrogens with one attached hydrogen (secondary N) is 2. The number of likely N-dealkylation sites (tertiary alicyclic amines) is 1. The van der Waals surface area contributed by atoms with Gasteiger partial charge in [0, 0.05) is 48.7 Å². The van der Waals surface area contributed by atoms with Gasteiger partial charge in [-0.25, -0.2) is 0 Å². The summed E-state index contributed by atoms with van der Waals surface area (Å²) in [5, 5.41) is 27.8. The Kier molecular flexibility index (Phi) is 6.30. The lowest BCUT2D eigenvalue weighted by atomic mass is 9.93. The second kappa shape index (κ2) is 9.56. The molecule has 3 N–H and O–H groups in total. The molecule has 0 aliphatic carbocycles. The number of nitro benzene ring substituents is 1. The molecule has 0 saturated carbocycles. The predicted molar refractivity (Wildman–Crippen MR) is 140 cm³/mol. The Morgan fingerprint density at radius 1 is 1.08 bits per heavy atom. The molecule has 36 heavy (non-hydrogen) atoms. The van der Waals surface area contributed by atoms with Crippen LogP contribution in [-0.4, -0.2) is 39.5 Å². The van der Waals surface area contributed by atoms with E-state index in [0.29, 0.717) is 22.5 Å². The number of rotatable bonds is 6. The van der Waals surface area contributed by atoms with Gasteiger partial charge in [0.1, 0.15) is 0 Å². The molecule has 8 heteroatoms. The number of anilines is 2. The number of carbonyl (C=O) groups is 1. The maximum atomic E-state index is 13.0. The lowest BCUT2D eigenvalue weighted by Crippen LogP contribution is -2.41. The summed E-state index contributed by atoms with van der Waals surface area (Å²) in [6, 6.07) is 21.9. The Morgan fingerprint density at radius 2 is 1.78 bits per heavy atom. The standard InChI is InChI=1S/C28H28N4O4/c1-28(34)13-15-31(16-14-28)18-19-7-9-21(10-8-19)29-26(20-5-3-2-4-6-20)25-23-17-22(32(35)36)11-12-24(23)30-27(25)33/h2-12,17,29,34H,13-16,18H2,1H3,(H,30,33). The Balaban J connectivity index is 1.45. The highest BCUT2D eigenvalue weighted by Crippen LogP contribution is 2.39. The fourth-order valence-corrected chi connectivity index (χ4v) is 4.69. The van der Waals surface area contributed by atoms with Crippen molar-refractivity contribution < 1.29 is 14.8 Å². The number of nitro groups is 1. The number of aliphatic hydroxyl groups is 1. The van der Waals surface area contributed by atoms with Crippen molar-refractivity contribution in [2.24, 2.45) is 0 Å². The third-order valence-electron chi connectivity index (χ3n) is 6.83. The molecule has 0 bridgehead atoms. The molecule has 2 heterocycles. The first-order valence-corrected chi connectivity index (χ1v) is 12.0. The fourth-order valence-electron chi connectivity index (χ4n) is 4.69. The van der Waals surface area contributed by atoms with E-state index in [1.165, 1.54) is 12.1 Å². The van der Waals surface area contributed by atoms with E-state index in [1.54, 1.807) is 6.07 Å². The molecule has 2 aliphatic heterocycles. The molecule has 1 amide bonds. The Bertz CT molecular complexity index is 1320. The number of fused-ring (bicyclic) bond motifs is 1. The van der Waals surface area contributed by atoms with Gasteiger partial charge in [-0.15, -0.1) is 0 Å². The molecule has 8 nitrogen and oxygen atoms in total. The summed E-state index contributed by atoms with van der Waals surface area (Å²) in [6.07, 6.45) is 1.53. The largest absolute Gasteiger partial charge is 0.390 e. The van der Waals surface area contributed by atoms with Crippen LogP contribution in [0.2, 0.25) is 0 Å². The minimum Gasteiger partial charge on any atom is -0.390 e. The van der Waals surface area contributed by atoms with Crippen LogP contribution in [0.15, 0.2) is 72.8 Å². The van der Waals surface area contributed by atoms with Gasteiger partial charge < -0.3 is 15.7 Å². The highest BCUT2D eigenvalue weighted by Gasteiger charge is 2.30. The van der Waals surface area contributed by atoms with E-state index in [1.807, 2.05) is 49.4 Å². The lowest BCUT2D eigenvalue weighted by Gasteiger charge is -2.35. The van der Waals surface area contributed by atoms with Gasteiger partial charge in [0.2, 0.25) is 0 Å². The zero-order valence-corrected chi connectivity index (χ0v) is 20.0. The van der Waals surface area contributed by atoms with Crippen molar-refractivity contribution in [1.29, 1.82) is 0 Å². The van der Waals surface area contributed by atoms with Gasteiger partial charge in [0.05, 0.1) is 21.8 Å². The van der Waals surface area contributed by atoms with Crippen LogP contribution < -0.4 is 10.6 Å². The van der Waals surface area contributed by atoms with Crippen LogP contribution in [0.3, 0.4) is 0 Å². The van der Waals surface area contributed by atoms with Crippen LogP contribution in [-0.2, 0) is 11.3 Å². The minimum atomic E-state index is -0.572. The van der Waals surface area contributed by atoms with E-state index in [2.05, 4.69) is 27.7 Å². The second-order valence-electron chi connectivity index (χ2n) is 9.65. The van der Waals surface area contributed by atoms with Crippen molar-refractivity contribution >= 4 is 34.2 Å². The van der Waals surface area contributed by atoms with E-state index in [0.717, 1.165) is 49.3 Å². The smallest absolute Gasteiger partial charge is 0.270 e. The molecule has 0 aromatic heterocycles. The topological polar surface area (TPSA) is 108 Å². The molecule has 3 aromatic rings. The van der Waals surface area contributed by atoms with Gasteiger partial charge in [-0.2, -0.15) is 0 Å². The van der Waals surface area contributed by atoms with Gasteiger partial charge >= 0.3 is 0 Å². The summed E-state index contributed by atoms with van der Waals surface area (Å²) in [5.74, 6) is -0.311. The van der Waals surface area contributed by atoms with E-state index < -0.39 is 10.5 Å². The van der Waals surface area contributed by atoms with E-state index in [-0.39, 0.29) is 11.6 Å². The van der Waals surface area contributed by atoms with Crippen molar-refractivity contribution in [3.8, 4) is 0 Å². The first-order chi connectivity index (χ1) is 17.3. The zero-order valence-electron chi connectivity index (χ0n) is 20.0. The third kappa shape index (κ3) is 5.00. The highest BCUT2D eigenvalue weighted by molar-refractivity contribution is 6.37. The number of benzene rings is 3.